The Hall–Kier alpha value is -1.59. The fourth-order valence-electron chi connectivity index (χ4n) is 3.38. The minimum atomic E-state index is 0.0991. The number of carbonyl (C=O) groups excluding carboxylic acids is 1. The van der Waals surface area contributed by atoms with Gasteiger partial charge in [-0.25, -0.2) is 0 Å². The van der Waals surface area contributed by atoms with Gasteiger partial charge in [0.1, 0.15) is 5.75 Å². The van der Waals surface area contributed by atoms with Crippen LogP contribution in [0.1, 0.15) is 24.8 Å². The van der Waals surface area contributed by atoms with E-state index in [2.05, 4.69) is 5.32 Å². The standard InChI is InChI=1S/C18H26N2O3/c1-22-16-5-2-4-14(10-16)12-20(13-17-6-3-9-23-17)18(21)15-7-8-19-11-15/h2,4-5,10,15,17,19H,3,6-9,11-13H2,1H3. The lowest BCUT2D eigenvalue weighted by Gasteiger charge is -2.28. The number of ether oxygens (including phenoxy) is 2. The summed E-state index contributed by atoms with van der Waals surface area (Å²) in [5.41, 5.74) is 1.10. The van der Waals surface area contributed by atoms with E-state index in [1.165, 1.54) is 0 Å². The fourth-order valence-corrected chi connectivity index (χ4v) is 3.38. The van der Waals surface area contributed by atoms with Gasteiger partial charge < -0.3 is 19.7 Å². The summed E-state index contributed by atoms with van der Waals surface area (Å²) in [5, 5.41) is 3.29. The minimum absolute atomic E-state index is 0.0991. The van der Waals surface area contributed by atoms with E-state index in [0.717, 1.165) is 50.3 Å². The molecule has 1 aromatic rings. The Kier molecular flexibility index (Phi) is 5.51. The van der Waals surface area contributed by atoms with Crippen molar-refractivity contribution in [3.05, 3.63) is 29.8 Å². The molecule has 2 unspecified atom stereocenters. The maximum absolute atomic E-state index is 12.9. The van der Waals surface area contributed by atoms with Crippen LogP contribution in [-0.4, -0.2) is 50.3 Å². The molecule has 2 aliphatic rings. The van der Waals surface area contributed by atoms with Crippen LogP contribution in [0.2, 0.25) is 0 Å². The topological polar surface area (TPSA) is 50.8 Å². The summed E-state index contributed by atoms with van der Waals surface area (Å²) in [6.07, 6.45) is 3.25. The van der Waals surface area contributed by atoms with Crippen LogP contribution in [0, 0.1) is 5.92 Å². The third-order valence-electron chi connectivity index (χ3n) is 4.68. The highest BCUT2D eigenvalue weighted by atomic mass is 16.5. The van der Waals surface area contributed by atoms with E-state index < -0.39 is 0 Å². The molecule has 0 bridgehead atoms. The average Bonchev–Trinajstić information content (AvgIpc) is 3.27. The number of nitrogens with zero attached hydrogens (tertiary/aromatic N) is 1. The van der Waals surface area contributed by atoms with Gasteiger partial charge >= 0.3 is 0 Å². The van der Waals surface area contributed by atoms with Gasteiger partial charge in [-0.05, 0) is 43.5 Å². The van der Waals surface area contributed by atoms with E-state index >= 15 is 0 Å². The largest absolute Gasteiger partial charge is 0.497 e. The van der Waals surface area contributed by atoms with Gasteiger partial charge in [0.15, 0.2) is 0 Å². The van der Waals surface area contributed by atoms with E-state index in [-0.39, 0.29) is 17.9 Å². The molecular weight excluding hydrogens is 292 g/mol. The van der Waals surface area contributed by atoms with Crippen LogP contribution in [0.4, 0.5) is 0 Å². The molecule has 0 aliphatic carbocycles. The zero-order valence-corrected chi connectivity index (χ0v) is 13.8. The average molecular weight is 318 g/mol. The second kappa shape index (κ2) is 7.79. The maximum atomic E-state index is 12.9. The first-order valence-corrected chi connectivity index (χ1v) is 8.50. The van der Waals surface area contributed by atoms with Crippen LogP contribution in [0.5, 0.6) is 5.75 Å². The van der Waals surface area contributed by atoms with Gasteiger partial charge in [0.25, 0.3) is 0 Å². The zero-order chi connectivity index (χ0) is 16.1. The molecule has 0 spiro atoms. The van der Waals surface area contributed by atoms with Crippen LogP contribution < -0.4 is 10.1 Å². The molecule has 1 aromatic carbocycles. The lowest BCUT2D eigenvalue weighted by atomic mass is 10.1. The normalized spacial score (nSPS) is 23.9. The van der Waals surface area contributed by atoms with Crippen LogP contribution in [0.3, 0.4) is 0 Å². The van der Waals surface area contributed by atoms with Crippen molar-refractivity contribution in [1.29, 1.82) is 0 Å². The fraction of sp³-hybridized carbons (Fsp3) is 0.611. The van der Waals surface area contributed by atoms with Gasteiger partial charge in [-0.3, -0.25) is 4.79 Å². The molecule has 5 heteroatoms. The smallest absolute Gasteiger partial charge is 0.227 e. The summed E-state index contributed by atoms with van der Waals surface area (Å²) in [7, 11) is 1.67. The van der Waals surface area contributed by atoms with Crippen LogP contribution >= 0.6 is 0 Å². The second-order valence-corrected chi connectivity index (χ2v) is 6.40. The summed E-state index contributed by atoms with van der Waals surface area (Å²) in [4.78, 5) is 14.9. The lowest BCUT2D eigenvalue weighted by molar-refractivity contribution is -0.137. The SMILES string of the molecule is COc1cccc(CN(CC2CCCO2)C(=O)C2CCNC2)c1. The number of benzene rings is 1. The monoisotopic (exact) mass is 318 g/mol. The number of methoxy groups -OCH3 is 1. The van der Waals surface area contributed by atoms with E-state index in [9.17, 15) is 4.79 Å². The molecule has 2 atom stereocenters. The van der Waals surface area contributed by atoms with Gasteiger partial charge in [-0.2, -0.15) is 0 Å². The van der Waals surface area contributed by atoms with E-state index in [0.29, 0.717) is 13.1 Å². The summed E-state index contributed by atoms with van der Waals surface area (Å²) in [5.74, 6) is 1.17. The number of carbonyl (C=O) groups is 1. The molecule has 126 valence electrons. The summed E-state index contributed by atoms with van der Waals surface area (Å²) < 4.78 is 11.0. The molecule has 2 saturated heterocycles. The molecule has 2 fully saturated rings. The predicted molar refractivity (Wildman–Crippen MR) is 88.4 cm³/mol. The molecule has 0 saturated carbocycles. The summed E-state index contributed by atoms with van der Waals surface area (Å²) >= 11 is 0. The second-order valence-electron chi connectivity index (χ2n) is 6.40. The molecule has 1 N–H and O–H groups in total. The molecule has 3 rings (SSSR count). The molecule has 0 radical (unpaired) electrons. The first-order valence-electron chi connectivity index (χ1n) is 8.50. The van der Waals surface area contributed by atoms with Crippen molar-refractivity contribution < 1.29 is 14.3 Å². The lowest BCUT2D eigenvalue weighted by Crippen LogP contribution is -2.41. The van der Waals surface area contributed by atoms with Gasteiger partial charge in [0.2, 0.25) is 5.91 Å². The van der Waals surface area contributed by atoms with Crippen molar-refractivity contribution in [2.24, 2.45) is 5.92 Å². The Bertz CT molecular complexity index is 523. The number of amides is 1. The molecule has 2 aliphatic heterocycles. The summed E-state index contributed by atoms with van der Waals surface area (Å²) in [6, 6.07) is 7.95. The number of hydrogen-bond acceptors (Lipinski definition) is 4. The summed E-state index contributed by atoms with van der Waals surface area (Å²) in [6.45, 7) is 3.85. The molecule has 1 amide bonds. The van der Waals surface area contributed by atoms with Crippen LogP contribution in [0.25, 0.3) is 0 Å². The van der Waals surface area contributed by atoms with Crippen LogP contribution in [0.15, 0.2) is 24.3 Å². The van der Waals surface area contributed by atoms with Gasteiger partial charge in [0.05, 0.1) is 19.1 Å². The molecule has 5 nitrogen and oxygen atoms in total. The quantitative estimate of drug-likeness (QED) is 0.869. The molecule has 0 aromatic heterocycles. The Balaban J connectivity index is 1.71. The Morgan fingerprint density at radius 1 is 1.43 bits per heavy atom. The number of nitrogens with one attached hydrogen (secondary N) is 1. The third kappa shape index (κ3) is 4.24. The molecular formula is C18H26N2O3. The van der Waals surface area contributed by atoms with Crippen molar-refractivity contribution >= 4 is 5.91 Å². The van der Waals surface area contributed by atoms with Crippen molar-refractivity contribution in [1.82, 2.24) is 10.2 Å². The van der Waals surface area contributed by atoms with Crippen molar-refractivity contribution in [2.75, 3.05) is 33.4 Å². The highest BCUT2D eigenvalue weighted by Gasteiger charge is 2.29. The highest BCUT2D eigenvalue weighted by Crippen LogP contribution is 2.20. The van der Waals surface area contributed by atoms with E-state index in [1.807, 2.05) is 29.2 Å². The van der Waals surface area contributed by atoms with Crippen molar-refractivity contribution in [3.8, 4) is 5.75 Å². The Labute approximate surface area is 137 Å². The van der Waals surface area contributed by atoms with Crippen molar-refractivity contribution in [3.63, 3.8) is 0 Å². The third-order valence-corrected chi connectivity index (χ3v) is 4.68. The predicted octanol–water partition coefficient (Wildman–Crippen LogP) is 1.81. The Morgan fingerprint density at radius 2 is 2.35 bits per heavy atom. The van der Waals surface area contributed by atoms with Gasteiger partial charge in [0, 0.05) is 26.2 Å². The minimum Gasteiger partial charge on any atom is -0.497 e. The first-order chi connectivity index (χ1) is 11.3. The van der Waals surface area contributed by atoms with Crippen LogP contribution in [-0.2, 0) is 16.1 Å². The molecule has 2 heterocycles. The Morgan fingerprint density at radius 3 is 3.04 bits per heavy atom. The van der Waals surface area contributed by atoms with E-state index in [4.69, 9.17) is 9.47 Å². The molecule has 23 heavy (non-hydrogen) atoms. The number of rotatable bonds is 6. The first kappa shape index (κ1) is 16.3. The van der Waals surface area contributed by atoms with Gasteiger partial charge in [-0.1, -0.05) is 12.1 Å². The zero-order valence-electron chi connectivity index (χ0n) is 13.8. The van der Waals surface area contributed by atoms with Gasteiger partial charge in [-0.15, -0.1) is 0 Å². The van der Waals surface area contributed by atoms with E-state index in [1.54, 1.807) is 7.11 Å². The number of hydrogen-bond donors (Lipinski definition) is 1. The van der Waals surface area contributed by atoms with Crippen molar-refractivity contribution in [2.45, 2.75) is 31.9 Å². The maximum Gasteiger partial charge on any atom is 0.227 e. The highest BCUT2D eigenvalue weighted by molar-refractivity contribution is 5.79.